The molecule has 0 heterocycles. The van der Waals surface area contributed by atoms with Crippen molar-refractivity contribution in [3.63, 3.8) is 0 Å². The minimum absolute atomic E-state index is 0.0481. The van der Waals surface area contributed by atoms with Crippen molar-refractivity contribution >= 4 is 33.4 Å². The molecule has 0 saturated heterocycles. The van der Waals surface area contributed by atoms with Gasteiger partial charge in [0.1, 0.15) is 0 Å². The Balaban J connectivity index is 2.50. The standard InChI is InChI=1S/C13H17BrN2O2/c1-13(2,3)8-15-11(17)12(18)16-10-6-4-9(14)5-7-10/h4-7H,8H2,1-3H3,(H,15,17)(H,16,18). The number of anilines is 1. The van der Waals surface area contributed by atoms with Crippen LogP contribution in [-0.2, 0) is 9.59 Å². The molecule has 0 aliphatic carbocycles. The van der Waals surface area contributed by atoms with Gasteiger partial charge in [0.2, 0.25) is 0 Å². The molecule has 2 N–H and O–H groups in total. The summed E-state index contributed by atoms with van der Waals surface area (Å²) in [4.78, 5) is 23.1. The lowest BCUT2D eigenvalue weighted by Crippen LogP contribution is -2.39. The third kappa shape index (κ3) is 5.31. The predicted molar refractivity (Wildman–Crippen MR) is 75.2 cm³/mol. The summed E-state index contributed by atoms with van der Waals surface area (Å²) < 4.78 is 0.915. The first-order chi connectivity index (χ1) is 8.28. The maximum Gasteiger partial charge on any atom is 0.313 e. The molecule has 0 radical (unpaired) electrons. The molecule has 0 aliphatic rings. The van der Waals surface area contributed by atoms with Gasteiger partial charge >= 0.3 is 11.8 Å². The Bertz CT molecular complexity index is 435. The highest BCUT2D eigenvalue weighted by molar-refractivity contribution is 9.10. The fourth-order valence-electron chi connectivity index (χ4n) is 1.15. The monoisotopic (exact) mass is 312 g/mol. The maximum atomic E-state index is 11.6. The molecule has 1 aromatic carbocycles. The molecule has 1 aromatic rings. The number of amides is 2. The van der Waals surface area contributed by atoms with Gasteiger partial charge in [-0.2, -0.15) is 0 Å². The van der Waals surface area contributed by atoms with Gasteiger partial charge in [-0.15, -0.1) is 0 Å². The Morgan fingerprint density at radius 3 is 2.17 bits per heavy atom. The van der Waals surface area contributed by atoms with E-state index in [4.69, 9.17) is 0 Å². The summed E-state index contributed by atoms with van der Waals surface area (Å²) in [6, 6.07) is 7.03. The summed E-state index contributed by atoms with van der Waals surface area (Å²) >= 11 is 3.30. The second-order valence-electron chi connectivity index (χ2n) is 5.20. The average Bonchev–Trinajstić information content (AvgIpc) is 2.28. The van der Waals surface area contributed by atoms with E-state index in [1.54, 1.807) is 24.3 Å². The number of halogens is 1. The van der Waals surface area contributed by atoms with E-state index < -0.39 is 11.8 Å². The van der Waals surface area contributed by atoms with Gasteiger partial charge < -0.3 is 10.6 Å². The van der Waals surface area contributed by atoms with Crippen molar-refractivity contribution in [2.24, 2.45) is 5.41 Å². The van der Waals surface area contributed by atoms with Crippen LogP contribution in [0.3, 0.4) is 0 Å². The highest BCUT2D eigenvalue weighted by Gasteiger charge is 2.17. The number of carbonyl (C=O) groups is 2. The van der Waals surface area contributed by atoms with Gasteiger partial charge in [-0.1, -0.05) is 36.7 Å². The number of hydrogen-bond acceptors (Lipinski definition) is 2. The molecule has 5 heteroatoms. The summed E-state index contributed by atoms with van der Waals surface area (Å²) in [5, 5.41) is 5.13. The normalized spacial score (nSPS) is 10.9. The third-order valence-electron chi connectivity index (χ3n) is 2.09. The van der Waals surface area contributed by atoms with E-state index in [9.17, 15) is 9.59 Å². The highest BCUT2D eigenvalue weighted by atomic mass is 79.9. The van der Waals surface area contributed by atoms with E-state index in [0.717, 1.165) is 4.47 Å². The summed E-state index contributed by atoms with van der Waals surface area (Å²) in [6.45, 7) is 6.42. The molecule has 0 fully saturated rings. The largest absolute Gasteiger partial charge is 0.347 e. The van der Waals surface area contributed by atoms with E-state index in [2.05, 4.69) is 26.6 Å². The van der Waals surface area contributed by atoms with Gasteiger partial charge in [-0.25, -0.2) is 0 Å². The van der Waals surface area contributed by atoms with Crippen molar-refractivity contribution in [1.29, 1.82) is 0 Å². The lowest BCUT2D eigenvalue weighted by atomic mass is 9.97. The van der Waals surface area contributed by atoms with Crippen LogP contribution in [0.2, 0.25) is 0 Å². The molecule has 18 heavy (non-hydrogen) atoms. The first kappa shape index (κ1) is 14.7. The Morgan fingerprint density at radius 1 is 1.11 bits per heavy atom. The molecular formula is C13H17BrN2O2. The summed E-state index contributed by atoms with van der Waals surface area (Å²) in [5.74, 6) is -1.27. The average molecular weight is 313 g/mol. The second kappa shape index (κ2) is 6.00. The molecule has 1 rings (SSSR count). The summed E-state index contributed by atoms with van der Waals surface area (Å²) in [6.07, 6.45) is 0. The first-order valence-corrected chi connectivity index (χ1v) is 6.42. The zero-order valence-electron chi connectivity index (χ0n) is 10.7. The molecule has 0 aliphatic heterocycles. The van der Waals surface area contributed by atoms with Crippen LogP contribution in [0.4, 0.5) is 5.69 Å². The zero-order valence-corrected chi connectivity index (χ0v) is 12.3. The lowest BCUT2D eigenvalue weighted by molar-refractivity contribution is -0.136. The van der Waals surface area contributed by atoms with Crippen molar-refractivity contribution in [3.8, 4) is 0 Å². The molecule has 0 unspecified atom stereocenters. The zero-order chi connectivity index (χ0) is 13.8. The number of carbonyl (C=O) groups excluding carboxylic acids is 2. The van der Waals surface area contributed by atoms with E-state index in [1.807, 2.05) is 20.8 Å². The Morgan fingerprint density at radius 2 is 1.67 bits per heavy atom. The Hall–Kier alpha value is -1.36. The highest BCUT2D eigenvalue weighted by Crippen LogP contribution is 2.14. The molecule has 0 aromatic heterocycles. The maximum absolute atomic E-state index is 11.6. The third-order valence-corrected chi connectivity index (χ3v) is 2.62. The van der Waals surface area contributed by atoms with Gasteiger partial charge in [0.05, 0.1) is 0 Å². The summed E-state index contributed by atoms with van der Waals surface area (Å²) in [5.41, 5.74) is 0.544. The number of hydrogen-bond donors (Lipinski definition) is 2. The van der Waals surface area contributed by atoms with Crippen molar-refractivity contribution in [1.82, 2.24) is 5.32 Å². The molecule has 98 valence electrons. The van der Waals surface area contributed by atoms with Gasteiger partial charge in [0, 0.05) is 16.7 Å². The first-order valence-electron chi connectivity index (χ1n) is 5.63. The molecule has 0 atom stereocenters. The van der Waals surface area contributed by atoms with Gasteiger partial charge in [0.25, 0.3) is 0 Å². The van der Waals surface area contributed by atoms with E-state index in [0.29, 0.717) is 12.2 Å². The Labute approximate surface area is 115 Å². The number of benzene rings is 1. The fourth-order valence-corrected chi connectivity index (χ4v) is 1.41. The van der Waals surface area contributed by atoms with Crippen LogP contribution in [-0.4, -0.2) is 18.4 Å². The van der Waals surface area contributed by atoms with E-state index in [1.165, 1.54) is 0 Å². The quantitative estimate of drug-likeness (QED) is 0.825. The molecule has 0 bridgehead atoms. The van der Waals surface area contributed by atoms with Crippen LogP contribution in [0, 0.1) is 5.41 Å². The number of rotatable bonds is 2. The molecule has 0 saturated carbocycles. The molecule has 0 spiro atoms. The van der Waals surface area contributed by atoms with Crippen LogP contribution in [0.5, 0.6) is 0 Å². The van der Waals surface area contributed by atoms with E-state index in [-0.39, 0.29) is 5.41 Å². The van der Waals surface area contributed by atoms with Crippen LogP contribution < -0.4 is 10.6 Å². The number of nitrogens with one attached hydrogen (secondary N) is 2. The summed E-state index contributed by atoms with van der Waals surface area (Å²) in [7, 11) is 0. The van der Waals surface area contributed by atoms with Crippen molar-refractivity contribution < 1.29 is 9.59 Å². The second-order valence-corrected chi connectivity index (χ2v) is 6.12. The predicted octanol–water partition coefficient (Wildman–Crippen LogP) is 2.55. The Kier molecular flexibility index (Phi) is 4.90. The van der Waals surface area contributed by atoms with Gasteiger partial charge in [-0.05, 0) is 29.7 Å². The minimum Gasteiger partial charge on any atom is -0.347 e. The van der Waals surface area contributed by atoms with Crippen LogP contribution >= 0.6 is 15.9 Å². The SMILES string of the molecule is CC(C)(C)CNC(=O)C(=O)Nc1ccc(Br)cc1. The molecular weight excluding hydrogens is 296 g/mol. The smallest absolute Gasteiger partial charge is 0.313 e. The van der Waals surface area contributed by atoms with Crippen LogP contribution in [0.1, 0.15) is 20.8 Å². The van der Waals surface area contributed by atoms with Crippen LogP contribution in [0.25, 0.3) is 0 Å². The topological polar surface area (TPSA) is 58.2 Å². The fraction of sp³-hybridized carbons (Fsp3) is 0.385. The molecule has 4 nitrogen and oxygen atoms in total. The van der Waals surface area contributed by atoms with Crippen LogP contribution in [0.15, 0.2) is 28.7 Å². The van der Waals surface area contributed by atoms with Crippen molar-refractivity contribution in [2.45, 2.75) is 20.8 Å². The minimum atomic E-state index is -0.651. The van der Waals surface area contributed by atoms with E-state index >= 15 is 0 Å². The van der Waals surface area contributed by atoms with Crippen molar-refractivity contribution in [3.05, 3.63) is 28.7 Å². The van der Waals surface area contributed by atoms with Gasteiger partial charge in [0.15, 0.2) is 0 Å². The lowest BCUT2D eigenvalue weighted by Gasteiger charge is -2.18. The van der Waals surface area contributed by atoms with Crippen molar-refractivity contribution in [2.75, 3.05) is 11.9 Å². The molecule has 2 amide bonds. The van der Waals surface area contributed by atoms with Gasteiger partial charge in [-0.3, -0.25) is 9.59 Å².